The lowest BCUT2D eigenvalue weighted by molar-refractivity contribution is 0.567. The summed E-state index contributed by atoms with van der Waals surface area (Å²) in [6.07, 6.45) is 3.03. The third-order valence-corrected chi connectivity index (χ3v) is 3.34. The van der Waals surface area contributed by atoms with Gasteiger partial charge < -0.3 is 0 Å². The maximum Gasteiger partial charge on any atom is 0.328 e. The SMILES string of the molecule is NS(=O)(=O)c1cn(CC2CC2)c(=O)[nH]c1=O. The quantitative estimate of drug-likeness (QED) is 0.681. The number of primary sulfonamides is 1. The summed E-state index contributed by atoms with van der Waals surface area (Å²) < 4.78 is 23.3. The molecular formula is C8H11N3O4S. The van der Waals surface area contributed by atoms with Crippen molar-refractivity contribution in [3.63, 3.8) is 0 Å². The smallest absolute Gasteiger partial charge is 0.299 e. The fraction of sp³-hybridized carbons (Fsp3) is 0.500. The zero-order chi connectivity index (χ0) is 11.9. The zero-order valence-electron chi connectivity index (χ0n) is 8.34. The lowest BCUT2D eigenvalue weighted by Crippen LogP contribution is -2.35. The summed E-state index contributed by atoms with van der Waals surface area (Å²) in [6.45, 7) is 0.415. The summed E-state index contributed by atoms with van der Waals surface area (Å²) in [7, 11) is -4.09. The average Bonchev–Trinajstić information content (AvgIpc) is 2.91. The number of rotatable bonds is 3. The van der Waals surface area contributed by atoms with Crippen molar-refractivity contribution in [3.05, 3.63) is 27.0 Å². The number of aromatic nitrogens is 2. The van der Waals surface area contributed by atoms with E-state index in [4.69, 9.17) is 5.14 Å². The Hall–Kier alpha value is -1.41. The molecule has 1 fully saturated rings. The Balaban J connectivity index is 2.54. The largest absolute Gasteiger partial charge is 0.328 e. The highest BCUT2D eigenvalue weighted by atomic mass is 32.2. The van der Waals surface area contributed by atoms with Gasteiger partial charge in [0.25, 0.3) is 5.56 Å². The molecule has 0 aliphatic heterocycles. The van der Waals surface area contributed by atoms with E-state index in [2.05, 4.69) is 0 Å². The van der Waals surface area contributed by atoms with Crippen molar-refractivity contribution in [2.45, 2.75) is 24.3 Å². The third kappa shape index (κ3) is 2.22. The summed E-state index contributed by atoms with van der Waals surface area (Å²) in [5, 5.41) is 4.86. The Morgan fingerprint density at radius 1 is 1.44 bits per heavy atom. The third-order valence-electron chi connectivity index (χ3n) is 2.44. The number of aromatic amines is 1. The fourth-order valence-corrected chi connectivity index (χ4v) is 1.99. The highest BCUT2D eigenvalue weighted by Crippen LogP contribution is 2.29. The van der Waals surface area contributed by atoms with Gasteiger partial charge in [-0.05, 0) is 18.8 Å². The van der Waals surface area contributed by atoms with E-state index in [0.717, 1.165) is 19.0 Å². The monoisotopic (exact) mass is 245 g/mol. The summed E-state index contributed by atoms with van der Waals surface area (Å²) in [5.41, 5.74) is -1.58. The van der Waals surface area contributed by atoms with E-state index in [1.54, 1.807) is 0 Å². The van der Waals surface area contributed by atoms with Crippen molar-refractivity contribution in [1.29, 1.82) is 0 Å². The van der Waals surface area contributed by atoms with Crippen LogP contribution in [0.25, 0.3) is 0 Å². The highest BCUT2D eigenvalue weighted by Gasteiger charge is 2.23. The molecular weight excluding hydrogens is 234 g/mol. The maximum absolute atomic E-state index is 11.4. The first kappa shape index (κ1) is 11.1. The van der Waals surface area contributed by atoms with Crippen LogP contribution in [0.1, 0.15) is 12.8 Å². The van der Waals surface area contributed by atoms with Gasteiger partial charge in [0.2, 0.25) is 10.0 Å². The van der Waals surface area contributed by atoms with E-state index >= 15 is 0 Å². The van der Waals surface area contributed by atoms with Gasteiger partial charge in [0.15, 0.2) is 4.90 Å². The van der Waals surface area contributed by atoms with Crippen LogP contribution < -0.4 is 16.4 Å². The molecule has 0 aromatic carbocycles. The molecule has 1 aromatic heterocycles. The van der Waals surface area contributed by atoms with Crippen LogP contribution >= 0.6 is 0 Å². The molecule has 1 aliphatic carbocycles. The van der Waals surface area contributed by atoms with Crippen LogP contribution in [0.15, 0.2) is 20.7 Å². The van der Waals surface area contributed by atoms with Gasteiger partial charge in [-0.1, -0.05) is 0 Å². The zero-order valence-corrected chi connectivity index (χ0v) is 9.16. The molecule has 0 bridgehead atoms. The van der Waals surface area contributed by atoms with Crippen molar-refractivity contribution < 1.29 is 8.42 Å². The molecule has 1 saturated carbocycles. The first-order chi connectivity index (χ1) is 7.38. The lowest BCUT2D eigenvalue weighted by Gasteiger charge is -2.04. The van der Waals surface area contributed by atoms with Crippen LogP contribution in [0.5, 0.6) is 0 Å². The first-order valence-corrected chi connectivity index (χ1v) is 6.29. The van der Waals surface area contributed by atoms with Crippen LogP contribution in [0.3, 0.4) is 0 Å². The van der Waals surface area contributed by atoms with Crippen molar-refractivity contribution >= 4 is 10.0 Å². The number of nitrogens with two attached hydrogens (primary N) is 1. The minimum atomic E-state index is -4.09. The highest BCUT2D eigenvalue weighted by molar-refractivity contribution is 7.89. The van der Waals surface area contributed by atoms with Gasteiger partial charge in [-0.3, -0.25) is 14.3 Å². The Labute approximate surface area is 91.0 Å². The van der Waals surface area contributed by atoms with Gasteiger partial charge in [-0.15, -0.1) is 0 Å². The number of hydrogen-bond donors (Lipinski definition) is 2. The molecule has 0 saturated heterocycles. The first-order valence-electron chi connectivity index (χ1n) is 4.74. The molecule has 0 spiro atoms. The van der Waals surface area contributed by atoms with Gasteiger partial charge in [0.05, 0.1) is 0 Å². The van der Waals surface area contributed by atoms with Gasteiger partial charge in [0, 0.05) is 12.7 Å². The second-order valence-corrected chi connectivity index (χ2v) is 5.42. The van der Waals surface area contributed by atoms with E-state index in [-0.39, 0.29) is 0 Å². The molecule has 16 heavy (non-hydrogen) atoms. The second kappa shape index (κ2) is 3.56. The molecule has 7 nitrogen and oxygen atoms in total. The summed E-state index contributed by atoms with van der Waals surface area (Å²) in [5.74, 6) is 0.386. The van der Waals surface area contributed by atoms with Crippen LogP contribution in [0, 0.1) is 5.92 Å². The molecule has 3 N–H and O–H groups in total. The van der Waals surface area contributed by atoms with E-state index in [1.807, 2.05) is 4.98 Å². The molecule has 0 radical (unpaired) electrons. The predicted octanol–water partition coefficient (Wildman–Crippen LogP) is -1.41. The molecule has 1 aliphatic rings. The molecule has 0 unspecified atom stereocenters. The molecule has 1 heterocycles. The molecule has 0 atom stereocenters. The predicted molar refractivity (Wildman–Crippen MR) is 55.4 cm³/mol. The summed E-state index contributed by atoms with van der Waals surface area (Å²) >= 11 is 0. The second-order valence-electron chi connectivity index (χ2n) is 3.89. The minimum absolute atomic E-state index is 0.386. The van der Waals surface area contributed by atoms with E-state index in [1.165, 1.54) is 4.57 Å². The van der Waals surface area contributed by atoms with E-state index in [9.17, 15) is 18.0 Å². The Morgan fingerprint density at radius 2 is 2.06 bits per heavy atom. The Morgan fingerprint density at radius 3 is 2.56 bits per heavy atom. The maximum atomic E-state index is 11.4. The standard InChI is InChI=1S/C8H11N3O4S/c9-16(14,15)6-4-11(3-5-1-2-5)8(13)10-7(6)12/h4-5H,1-3H2,(H2,9,14,15)(H,10,12,13). The average molecular weight is 245 g/mol. The summed E-state index contributed by atoms with van der Waals surface area (Å²) in [6, 6.07) is 0. The van der Waals surface area contributed by atoms with Crippen molar-refractivity contribution in [3.8, 4) is 0 Å². The van der Waals surface area contributed by atoms with Gasteiger partial charge >= 0.3 is 5.69 Å². The Bertz CT molecular complexity index is 623. The van der Waals surface area contributed by atoms with Gasteiger partial charge in [0.1, 0.15) is 0 Å². The molecule has 2 rings (SSSR count). The lowest BCUT2D eigenvalue weighted by atomic mass is 10.4. The van der Waals surface area contributed by atoms with E-state index < -0.39 is 26.2 Å². The number of hydrogen-bond acceptors (Lipinski definition) is 4. The van der Waals surface area contributed by atoms with Crippen molar-refractivity contribution in [2.75, 3.05) is 0 Å². The van der Waals surface area contributed by atoms with Crippen LogP contribution in [0.4, 0.5) is 0 Å². The number of sulfonamides is 1. The number of nitrogens with one attached hydrogen (secondary N) is 1. The Kier molecular flexibility index (Phi) is 2.47. The van der Waals surface area contributed by atoms with Crippen molar-refractivity contribution in [2.24, 2.45) is 11.1 Å². The fourth-order valence-electron chi connectivity index (χ4n) is 1.41. The minimum Gasteiger partial charge on any atom is -0.299 e. The molecule has 0 amide bonds. The van der Waals surface area contributed by atoms with Crippen LogP contribution in [-0.2, 0) is 16.6 Å². The normalized spacial score (nSPS) is 16.3. The van der Waals surface area contributed by atoms with Crippen molar-refractivity contribution in [1.82, 2.24) is 9.55 Å². The van der Waals surface area contributed by atoms with Gasteiger partial charge in [-0.25, -0.2) is 18.4 Å². The number of H-pyrrole nitrogens is 1. The molecule has 1 aromatic rings. The summed E-state index contributed by atoms with van der Waals surface area (Å²) in [4.78, 5) is 23.9. The topological polar surface area (TPSA) is 115 Å². The molecule has 88 valence electrons. The van der Waals surface area contributed by atoms with Crippen LogP contribution in [-0.4, -0.2) is 18.0 Å². The van der Waals surface area contributed by atoms with E-state index in [0.29, 0.717) is 12.5 Å². The number of nitrogens with zero attached hydrogens (tertiary/aromatic N) is 1. The van der Waals surface area contributed by atoms with Gasteiger partial charge in [-0.2, -0.15) is 0 Å². The molecule has 8 heteroatoms. The van der Waals surface area contributed by atoms with Crippen LogP contribution in [0.2, 0.25) is 0 Å².